The van der Waals surface area contributed by atoms with E-state index >= 15 is 0 Å². The molecule has 0 saturated carbocycles. The molecule has 1 heterocycles. The van der Waals surface area contributed by atoms with E-state index in [1.54, 1.807) is 6.07 Å². The summed E-state index contributed by atoms with van der Waals surface area (Å²) < 4.78 is 5.43. The molecule has 0 saturated heterocycles. The van der Waals surface area contributed by atoms with Crippen LogP contribution >= 0.6 is 0 Å². The predicted octanol–water partition coefficient (Wildman–Crippen LogP) is 3.54. The van der Waals surface area contributed by atoms with Gasteiger partial charge in [-0.25, -0.2) is 4.79 Å². The number of nitrogens with zero attached hydrogens (tertiary/aromatic N) is 1. The monoisotopic (exact) mass is 271 g/mol. The molecule has 0 radical (unpaired) electrons. The van der Waals surface area contributed by atoms with Gasteiger partial charge in [0.15, 0.2) is 5.75 Å². The van der Waals surface area contributed by atoms with E-state index in [1.807, 2.05) is 38.1 Å². The second kappa shape index (κ2) is 6.19. The van der Waals surface area contributed by atoms with E-state index in [0.29, 0.717) is 18.1 Å². The predicted molar refractivity (Wildman–Crippen MR) is 77.2 cm³/mol. The van der Waals surface area contributed by atoms with Crippen LogP contribution in [0.1, 0.15) is 29.3 Å². The number of carbonyl (C=O) groups is 1. The van der Waals surface area contributed by atoms with Crippen molar-refractivity contribution < 1.29 is 14.6 Å². The molecule has 1 aromatic heterocycles. The lowest BCUT2D eigenvalue weighted by Gasteiger charge is -2.10. The first-order chi connectivity index (χ1) is 9.63. The number of ether oxygens (including phenoxy) is 1. The molecule has 1 N–H and O–H groups in total. The lowest BCUT2D eigenvalue weighted by Crippen LogP contribution is -2.05. The van der Waals surface area contributed by atoms with Crippen LogP contribution in [-0.4, -0.2) is 22.7 Å². The van der Waals surface area contributed by atoms with Crippen LogP contribution in [0.4, 0.5) is 0 Å². The van der Waals surface area contributed by atoms with Crippen LogP contribution in [0.5, 0.6) is 5.75 Å². The van der Waals surface area contributed by atoms with Crippen molar-refractivity contribution in [3.05, 3.63) is 47.7 Å². The fourth-order valence-electron chi connectivity index (χ4n) is 1.94. The fraction of sp³-hybridized carbons (Fsp3) is 0.250. The first kappa shape index (κ1) is 14.1. The third kappa shape index (κ3) is 2.96. The van der Waals surface area contributed by atoms with Crippen LogP contribution in [0.15, 0.2) is 36.5 Å². The Balaban J connectivity index is 2.45. The molecule has 4 heteroatoms. The molecular formula is C16H17NO3. The Hall–Kier alpha value is -2.36. The van der Waals surface area contributed by atoms with Crippen LogP contribution in [0, 0.1) is 6.92 Å². The number of aromatic nitrogens is 1. The van der Waals surface area contributed by atoms with E-state index in [-0.39, 0.29) is 5.56 Å². The first-order valence-electron chi connectivity index (χ1n) is 6.55. The SMILES string of the molecule is CCCOc1cnc(-c2ccccc2C)cc1C(=O)O. The van der Waals surface area contributed by atoms with Gasteiger partial charge in [0, 0.05) is 5.56 Å². The lowest BCUT2D eigenvalue weighted by atomic mass is 10.0. The zero-order chi connectivity index (χ0) is 14.5. The maximum Gasteiger partial charge on any atom is 0.339 e. The molecule has 0 amide bonds. The molecule has 0 aliphatic heterocycles. The minimum absolute atomic E-state index is 0.145. The lowest BCUT2D eigenvalue weighted by molar-refractivity contribution is 0.0692. The molecule has 0 aliphatic rings. The number of carboxylic acids is 1. The topological polar surface area (TPSA) is 59.4 Å². The summed E-state index contributed by atoms with van der Waals surface area (Å²) in [6, 6.07) is 9.31. The number of carboxylic acid groups (broad SMARTS) is 1. The number of hydrogen-bond donors (Lipinski definition) is 1. The van der Waals surface area contributed by atoms with Gasteiger partial charge in [-0.05, 0) is 25.0 Å². The van der Waals surface area contributed by atoms with Gasteiger partial charge in [0.2, 0.25) is 0 Å². The smallest absolute Gasteiger partial charge is 0.339 e. The standard InChI is InChI=1S/C16H17NO3/c1-3-8-20-15-10-17-14(9-13(15)16(18)19)12-7-5-4-6-11(12)2/h4-7,9-10H,3,8H2,1-2H3,(H,18,19). The Bertz CT molecular complexity index is 623. The summed E-state index contributed by atoms with van der Waals surface area (Å²) in [5.41, 5.74) is 2.77. The zero-order valence-corrected chi connectivity index (χ0v) is 11.6. The van der Waals surface area contributed by atoms with Crippen molar-refractivity contribution in [2.45, 2.75) is 20.3 Å². The van der Waals surface area contributed by atoms with E-state index in [1.165, 1.54) is 6.20 Å². The fourth-order valence-corrected chi connectivity index (χ4v) is 1.94. The maximum atomic E-state index is 11.3. The Kier molecular flexibility index (Phi) is 4.35. The molecule has 20 heavy (non-hydrogen) atoms. The van der Waals surface area contributed by atoms with E-state index in [2.05, 4.69) is 4.98 Å². The van der Waals surface area contributed by atoms with E-state index < -0.39 is 5.97 Å². The molecule has 0 spiro atoms. The van der Waals surface area contributed by atoms with E-state index in [9.17, 15) is 9.90 Å². The van der Waals surface area contributed by atoms with Crippen LogP contribution in [0.3, 0.4) is 0 Å². The van der Waals surface area contributed by atoms with Gasteiger partial charge in [-0.3, -0.25) is 4.98 Å². The number of aromatic carboxylic acids is 1. The average Bonchev–Trinajstić information content (AvgIpc) is 2.45. The Morgan fingerprint density at radius 1 is 1.35 bits per heavy atom. The molecule has 0 atom stereocenters. The Morgan fingerprint density at radius 2 is 2.10 bits per heavy atom. The molecule has 0 fully saturated rings. The highest BCUT2D eigenvalue weighted by Gasteiger charge is 2.14. The van der Waals surface area contributed by atoms with Gasteiger partial charge in [-0.2, -0.15) is 0 Å². The average molecular weight is 271 g/mol. The van der Waals surface area contributed by atoms with Gasteiger partial charge in [0.1, 0.15) is 5.56 Å². The second-order valence-electron chi connectivity index (χ2n) is 4.53. The highest BCUT2D eigenvalue weighted by atomic mass is 16.5. The number of benzene rings is 1. The van der Waals surface area contributed by atoms with Crippen molar-refractivity contribution in [1.29, 1.82) is 0 Å². The van der Waals surface area contributed by atoms with Gasteiger partial charge in [-0.15, -0.1) is 0 Å². The summed E-state index contributed by atoms with van der Waals surface area (Å²) in [6.45, 7) is 4.42. The van der Waals surface area contributed by atoms with Crippen LogP contribution in [0.2, 0.25) is 0 Å². The van der Waals surface area contributed by atoms with Crippen molar-refractivity contribution in [2.24, 2.45) is 0 Å². The summed E-state index contributed by atoms with van der Waals surface area (Å²) in [7, 11) is 0. The summed E-state index contributed by atoms with van der Waals surface area (Å²) >= 11 is 0. The summed E-state index contributed by atoms with van der Waals surface area (Å²) in [4.78, 5) is 15.7. The van der Waals surface area contributed by atoms with E-state index in [4.69, 9.17) is 4.74 Å². The molecule has 1 aromatic carbocycles. The molecule has 0 unspecified atom stereocenters. The van der Waals surface area contributed by atoms with Crippen LogP contribution in [-0.2, 0) is 0 Å². The molecular weight excluding hydrogens is 254 g/mol. The number of pyridine rings is 1. The highest BCUT2D eigenvalue weighted by molar-refractivity contribution is 5.92. The third-order valence-electron chi connectivity index (χ3n) is 2.98. The minimum atomic E-state index is -1.01. The minimum Gasteiger partial charge on any atom is -0.491 e. The maximum absolute atomic E-state index is 11.3. The van der Waals surface area contributed by atoms with Crippen LogP contribution < -0.4 is 4.74 Å². The van der Waals surface area contributed by atoms with Gasteiger partial charge in [0.25, 0.3) is 0 Å². The quantitative estimate of drug-likeness (QED) is 0.903. The number of aryl methyl sites for hydroxylation is 1. The van der Waals surface area contributed by atoms with Crippen molar-refractivity contribution in [3.63, 3.8) is 0 Å². The highest BCUT2D eigenvalue weighted by Crippen LogP contribution is 2.26. The van der Waals surface area contributed by atoms with Gasteiger partial charge in [-0.1, -0.05) is 31.2 Å². The van der Waals surface area contributed by atoms with Gasteiger partial charge < -0.3 is 9.84 Å². The van der Waals surface area contributed by atoms with Crippen LogP contribution in [0.25, 0.3) is 11.3 Å². The third-order valence-corrected chi connectivity index (χ3v) is 2.98. The van der Waals surface area contributed by atoms with Gasteiger partial charge >= 0.3 is 5.97 Å². The normalized spacial score (nSPS) is 10.3. The summed E-state index contributed by atoms with van der Waals surface area (Å²) in [6.07, 6.45) is 2.31. The van der Waals surface area contributed by atoms with Crippen molar-refractivity contribution in [3.8, 4) is 17.0 Å². The number of rotatable bonds is 5. The molecule has 0 aliphatic carbocycles. The first-order valence-corrected chi connectivity index (χ1v) is 6.55. The van der Waals surface area contributed by atoms with E-state index in [0.717, 1.165) is 17.5 Å². The zero-order valence-electron chi connectivity index (χ0n) is 11.6. The van der Waals surface area contributed by atoms with Crippen molar-refractivity contribution in [2.75, 3.05) is 6.61 Å². The van der Waals surface area contributed by atoms with Crippen molar-refractivity contribution >= 4 is 5.97 Å². The Morgan fingerprint density at radius 3 is 2.75 bits per heavy atom. The molecule has 2 rings (SSSR count). The number of hydrogen-bond acceptors (Lipinski definition) is 3. The molecule has 104 valence electrons. The molecule has 2 aromatic rings. The van der Waals surface area contributed by atoms with Gasteiger partial charge in [0.05, 0.1) is 18.5 Å². The summed E-state index contributed by atoms with van der Waals surface area (Å²) in [5.74, 6) is -0.690. The summed E-state index contributed by atoms with van der Waals surface area (Å²) in [5, 5.41) is 9.30. The van der Waals surface area contributed by atoms with Crippen molar-refractivity contribution in [1.82, 2.24) is 4.98 Å². The Labute approximate surface area is 118 Å². The molecule has 0 bridgehead atoms. The largest absolute Gasteiger partial charge is 0.491 e. The second-order valence-corrected chi connectivity index (χ2v) is 4.53. The molecule has 4 nitrogen and oxygen atoms in total.